The van der Waals surface area contributed by atoms with Crippen LogP contribution >= 0.6 is 0 Å². The second kappa shape index (κ2) is 5.85. The molecule has 1 fully saturated rings. The van der Waals surface area contributed by atoms with Crippen molar-refractivity contribution in [3.8, 4) is 0 Å². The van der Waals surface area contributed by atoms with Crippen LogP contribution in [0.15, 0.2) is 24.3 Å². The Bertz CT molecular complexity index is 386. The van der Waals surface area contributed by atoms with Gasteiger partial charge in [-0.1, -0.05) is 37.6 Å². The fourth-order valence-electron chi connectivity index (χ4n) is 3.18. The molecule has 3 unspecified atom stereocenters. The first-order valence-electron chi connectivity index (χ1n) is 7.18. The Hall–Kier alpha value is -0.860. The zero-order valence-corrected chi connectivity index (χ0v) is 11.9. The Kier molecular flexibility index (Phi) is 4.41. The highest BCUT2D eigenvalue weighted by Gasteiger charge is 2.30. The molecule has 1 aromatic carbocycles. The molecular formula is C16H26N2. The molecule has 0 amide bonds. The largest absolute Gasteiger partial charge is 0.326 e. The van der Waals surface area contributed by atoms with E-state index in [2.05, 4.69) is 49.9 Å². The van der Waals surface area contributed by atoms with Crippen LogP contribution in [0.3, 0.4) is 0 Å². The van der Waals surface area contributed by atoms with Crippen molar-refractivity contribution in [3.63, 3.8) is 0 Å². The maximum atomic E-state index is 6.26. The van der Waals surface area contributed by atoms with Gasteiger partial charge in [0.25, 0.3) is 0 Å². The van der Waals surface area contributed by atoms with Crippen molar-refractivity contribution >= 4 is 0 Å². The van der Waals surface area contributed by atoms with Gasteiger partial charge >= 0.3 is 0 Å². The lowest BCUT2D eigenvalue weighted by atomic mass is 9.95. The number of hydrogen-bond acceptors (Lipinski definition) is 2. The molecule has 0 radical (unpaired) electrons. The standard InChI is InChI=1S/C16H26N2/c1-4-14-9-10-18(11-14)16(13(3)17)15-8-6-5-7-12(15)2/h5-8,13-14,16H,4,9-11,17H2,1-3H3. The highest BCUT2D eigenvalue weighted by molar-refractivity contribution is 5.30. The summed E-state index contributed by atoms with van der Waals surface area (Å²) in [6, 6.07) is 9.23. The van der Waals surface area contributed by atoms with E-state index in [4.69, 9.17) is 5.73 Å². The number of nitrogens with zero attached hydrogens (tertiary/aromatic N) is 1. The summed E-state index contributed by atoms with van der Waals surface area (Å²) in [5.41, 5.74) is 9.03. The summed E-state index contributed by atoms with van der Waals surface area (Å²) < 4.78 is 0. The van der Waals surface area contributed by atoms with Crippen molar-refractivity contribution < 1.29 is 0 Å². The summed E-state index contributed by atoms with van der Waals surface area (Å²) in [7, 11) is 0. The van der Waals surface area contributed by atoms with E-state index in [1.54, 1.807) is 0 Å². The van der Waals surface area contributed by atoms with Crippen molar-refractivity contribution in [2.24, 2.45) is 11.7 Å². The summed E-state index contributed by atoms with van der Waals surface area (Å²) in [6.07, 6.45) is 2.61. The summed E-state index contributed by atoms with van der Waals surface area (Å²) in [4.78, 5) is 2.58. The molecule has 100 valence electrons. The first-order valence-corrected chi connectivity index (χ1v) is 7.18. The summed E-state index contributed by atoms with van der Waals surface area (Å²) in [5.74, 6) is 0.857. The molecular weight excluding hydrogens is 220 g/mol. The summed E-state index contributed by atoms with van der Waals surface area (Å²) in [5, 5.41) is 0. The molecule has 1 aliphatic rings. The van der Waals surface area contributed by atoms with Gasteiger partial charge in [0.15, 0.2) is 0 Å². The molecule has 2 nitrogen and oxygen atoms in total. The van der Waals surface area contributed by atoms with Crippen molar-refractivity contribution in [1.29, 1.82) is 0 Å². The number of likely N-dealkylation sites (tertiary alicyclic amines) is 1. The molecule has 0 spiro atoms. The molecule has 1 saturated heterocycles. The molecule has 2 N–H and O–H groups in total. The van der Waals surface area contributed by atoms with Gasteiger partial charge in [0.1, 0.15) is 0 Å². The Morgan fingerprint density at radius 2 is 2.11 bits per heavy atom. The Balaban J connectivity index is 2.22. The lowest BCUT2D eigenvalue weighted by molar-refractivity contribution is 0.210. The molecule has 3 atom stereocenters. The third-order valence-electron chi connectivity index (χ3n) is 4.29. The van der Waals surface area contributed by atoms with Gasteiger partial charge in [-0.05, 0) is 43.9 Å². The Morgan fingerprint density at radius 1 is 1.39 bits per heavy atom. The average Bonchev–Trinajstić information content (AvgIpc) is 2.80. The van der Waals surface area contributed by atoms with Gasteiger partial charge in [-0.15, -0.1) is 0 Å². The molecule has 1 aliphatic heterocycles. The SMILES string of the molecule is CCC1CCN(C(c2ccccc2C)C(C)N)C1. The highest BCUT2D eigenvalue weighted by Crippen LogP contribution is 2.32. The first kappa shape index (κ1) is 13.6. The van der Waals surface area contributed by atoms with Crippen LogP contribution in [-0.2, 0) is 0 Å². The van der Waals surface area contributed by atoms with Gasteiger partial charge in [0, 0.05) is 18.6 Å². The van der Waals surface area contributed by atoms with E-state index >= 15 is 0 Å². The van der Waals surface area contributed by atoms with Crippen molar-refractivity contribution in [3.05, 3.63) is 35.4 Å². The lowest BCUT2D eigenvalue weighted by Gasteiger charge is -2.32. The lowest BCUT2D eigenvalue weighted by Crippen LogP contribution is -2.38. The predicted molar refractivity (Wildman–Crippen MR) is 77.5 cm³/mol. The number of aryl methyl sites for hydroxylation is 1. The maximum absolute atomic E-state index is 6.26. The van der Waals surface area contributed by atoms with Crippen LogP contribution in [0.5, 0.6) is 0 Å². The van der Waals surface area contributed by atoms with E-state index in [1.165, 1.54) is 37.1 Å². The van der Waals surface area contributed by atoms with Gasteiger partial charge < -0.3 is 5.73 Å². The van der Waals surface area contributed by atoms with Gasteiger partial charge in [-0.3, -0.25) is 4.90 Å². The first-order chi connectivity index (χ1) is 8.63. The van der Waals surface area contributed by atoms with Gasteiger partial charge in [0.2, 0.25) is 0 Å². The number of rotatable bonds is 4. The highest BCUT2D eigenvalue weighted by atomic mass is 15.2. The van der Waals surface area contributed by atoms with E-state index in [-0.39, 0.29) is 6.04 Å². The van der Waals surface area contributed by atoms with Crippen LogP contribution in [0, 0.1) is 12.8 Å². The molecule has 0 saturated carbocycles. The van der Waals surface area contributed by atoms with Crippen LogP contribution < -0.4 is 5.73 Å². The van der Waals surface area contributed by atoms with Crippen LogP contribution in [0.2, 0.25) is 0 Å². The molecule has 0 bridgehead atoms. The smallest absolute Gasteiger partial charge is 0.0499 e. The summed E-state index contributed by atoms with van der Waals surface area (Å²) >= 11 is 0. The number of hydrogen-bond donors (Lipinski definition) is 1. The van der Waals surface area contributed by atoms with Gasteiger partial charge in [-0.25, -0.2) is 0 Å². The van der Waals surface area contributed by atoms with E-state index in [0.29, 0.717) is 6.04 Å². The topological polar surface area (TPSA) is 29.3 Å². The number of nitrogens with two attached hydrogens (primary N) is 1. The van der Waals surface area contributed by atoms with Crippen molar-refractivity contribution in [2.45, 2.75) is 45.7 Å². The normalized spacial score (nSPS) is 24.1. The molecule has 1 heterocycles. The number of benzene rings is 1. The predicted octanol–water partition coefficient (Wildman–Crippen LogP) is 3.12. The second-order valence-electron chi connectivity index (χ2n) is 5.72. The average molecular weight is 246 g/mol. The quantitative estimate of drug-likeness (QED) is 0.884. The second-order valence-corrected chi connectivity index (χ2v) is 5.72. The Morgan fingerprint density at radius 3 is 2.67 bits per heavy atom. The molecule has 1 aromatic rings. The van der Waals surface area contributed by atoms with Crippen molar-refractivity contribution in [1.82, 2.24) is 4.90 Å². The molecule has 18 heavy (non-hydrogen) atoms. The van der Waals surface area contributed by atoms with E-state index in [0.717, 1.165) is 5.92 Å². The van der Waals surface area contributed by atoms with Gasteiger partial charge in [0.05, 0.1) is 0 Å². The fourth-order valence-corrected chi connectivity index (χ4v) is 3.18. The molecule has 2 heteroatoms. The van der Waals surface area contributed by atoms with Crippen LogP contribution in [0.25, 0.3) is 0 Å². The van der Waals surface area contributed by atoms with Crippen LogP contribution in [0.1, 0.15) is 43.9 Å². The minimum Gasteiger partial charge on any atom is -0.326 e. The minimum absolute atomic E-state index is 0.182. The zero-order valence-electron chi connectivity index (χ0n) is 11.9. The van der Waals surface area contributed by atoms with Crippen molar-refractivity contribution in [2.75, 3.05) is 13.1 Å². The van der Waals surface area contributed by atoms with E-state index in [9.17, 15) is 0 Å². The van der Waals surface area contributed by atoms with Crippen LogP contribution in [-0.4, -0.2) is 24.0 Å². The molecule has 0 aliphatic carbocycles. The van der Waals surface area contributed by atoms with E-state index in [1.807, 2.05) is 0 Å². The third kappa shape index (κ3) is 2.76. The fraction of sp³-hybridized carbons (Fsp3) is 0.625. The minimum atomic E-state index is 0.182. The third-order valence-corrected chi connectivity index (χ3v) is 4.29. The molecule has 0 aromatic heterocycles. The zero-order chi connectivity index (χ0) is 13.1. The van der Waals surface area contributed by atoms with E-state index < -0.39 is 0 Å². The molecule has 2 rings (SSSR count). The van der Waals surface area contributed by atoms with Gasteiger partial charge in [-0.2, -0.15) is 0 Å². The monoisotopic (exact) mass is 246 g/mol. The summed E-state index contributed by atoms with van der Waals surface area (Å²) in [6.45, 7) is 9.02. The van der Waals surface area contributed by atoms with Crippen LogP contribution in [0.4, 0.5) is 0 Å². The maximum Gasteiger partial charge on any atom is 0.0499 e. The Labute approximate surface area is 111 Å².